The first kappa shape index (κ1) is 16.5. The number of benzene rings is 1. The molecule has 0 aliphatic carbocycles. The van der Waals surface area contributed by atoms with Crippen LogP contribution in [-0.2, 0) is 6.54 Å². The van der Waals surface area contributed by atoms with Gasteiger partial charge in [-0.15, -0.1) is 0 Å². The van der Waals surface area contributed by atoms with Gasteiger partial charge in [0, 0.05) is 25.1 Å². The van der Waals surface area contributed by atoms with Crippen molar-refractivity contribution < 1.29 is 13.7 Å². The van der Waals surface area contributed by atoms with Gasteiger partial charge in [-0.2, -0.15) is 0 Å². The van der Waals surface area contributed by atoms with Crippen molar-refractivity contribution in [3.05, 3.63) is 53.2 Å². The Bertz CT molecular complexity index is 697. The number of rotatable bonds is 4. The van der Waals surface area contributed by atoms with E-state index in [0.29, 0.717) is 13.1 Å². The van der Waals surface area contributed by atoms with Crippen LogP contribution in [0.25, 0.3) is 0 Å². The number of carbonyl (C=O) groups is 1. The number of halogens is 1. The van der Waals surface area contributed by atoms with E-state index in [0.717, 1.165) is 29.9 Å². The molecule has 1 atom stereocenters. The highest BCUT2D eigenvalue weighted by Gasteiger charge is 2.32. The fourth-order valence-corrected chi connectivity index (χ4v) is 2.93. The van der Waals surface area contributed by atoms with Crippen molar-refractivity contribution in [3.63, 3.8) is 0 Å². The second-order valence-electron chi connectivity index (χ2n) is 6.45. The molecule has 0 saturated carbocycles. The Balaban J connectivity index is 1.63. The molecule has 0 radical (unpaired) electrons. The summed E-state index contributed by atoms with van der Waals surface area (Å²) in [5.41, 5.74) is 1.68. The third kappa shape index (κ3) is 3.58. The van der Waals surface area contributed by atoms with Gasteiger partial charge in [-0.1, -0.05) is 31.1 Å². The second kappa shape index (κ2) is 7.03. The summed E-state index contributed by atoms with van der Waals surface area (Å²) in [6.45, 7) is 5.17. The highest BCUT2D eigenvalue weighted by Crippen LogP contribution is 2.32. The predicted molar refractivity (Wildman–Crippen MR) is 87.9 cm³/mol. The molecule has 1 aliphatic rings. The van der Waals surface area contributed by atoms with E-state index in [-0.39, 0.29) is 23.8 Å². The quantitative estimate of drug-likeness (QED) is 0.922. The summed E-state index contributed by atoms with van der Waals surface area (Å²) >= 11 is 0. The Morgan fingerprint density at radius 2 is 2.17 bits per heavy atom. The standard InChI is InChI=1S/C18H22FN3O2/c1-12(2)17-10-15(21-24-17)16-4-3-9-22(16)18(23)20-11-13-5-7-14(19)8-6-13/h5-8,10,12,16H,3-4,9,11H2,1-2H3,(H,20,23)/t16-/m1/s1. The van der Waals surface area contributed by atoms with E-state index in [9.17, 15) is 9.18 Å². The summed E-state index contributed by atoms with van der Waals surface area (Å²) in [7, 11) is 0. The highest BCUT2D eigenvalue weighted by atomic mass is 19.1. The number of aromatic nitrogens is 1. The van der Waals surface area contributed by atoms with E-state index in [1.807, 2.05) is 19.9 Å². The topological polar surface area (TPSA) is 58.4 Å². The third-order valence-electron chi connectivity index (χ3n) is 4.33. The first-order valence-electron chi connectivity index (χ1n) is 8.30. The zero-order chi connectivity index (χ0) is 17.1. The summed E-state index contributed by atoms with van der Waals surface area (Å²) in [5, 5.41) is 7.04. The molecule has 128 valence electrons. The number of nitrogens with zero attached hydrogens (tertiary/aromatic N) is 2. The van der Waals surface area contributed by atoms with Crippen LogP contribution >= 0.6 is 0 Å². The molecule has 0 bridgehead atoms. The number of hydrogen-bond acceptors (Lipinski definition) is 3. The average Bonchev–Trinajstić information content (AvgIpc) is 3.22. The minimum atomic E-state index is -0.281. The van der Waals surface area contributed by atoms with E-state index in [1.165, 1.54) is 12.1 Å². The highest BCUT2D eigenvalue weighted by molar-refractivity contribution is 5.75. The van der Waals surface area contributed by atoms with Gasteiger partial charge >= 0.3 is 6.03 Å². The predicted octanol–water partition coefficient (Wildman–Crippen LogP) is 3.98. The molecule has 1 aliphatic heterocycles. The summed E-state index contributed by atoms with van der Waals surface area (Å²) in [5.74, 6) is 0.827. The van der Waals surface area contributed by atoms with Gasteiger partial charge in [0.1, 0.15) is 17.3 Å². The Kier molecular flexibility index (Phi) is 4.83. The van der Waals surface area contributed by atoms with E-state index in [2.05, 4.69) is 10.5 Å². The van der Waals surface area contributed by atoms with Crippen molar-refractivity contribution in [2.24, 2.45) is 0 Å². The fraction of sp³-hybridized carbons (Fsp3) is 0.444. The zero-order valence-corrected chi connectivity index (χ0v) is 14.0. The SMILES string of the molecule is CC(C)c1cc([C@H]2CCCN2C(=O)NCc2ccc(F)cc2)no1. The lowest BCUT2D eigenvalue weighted by Gasteiger charge is -2.23. The maximum atomic E-state index is 12.9. The van der Waals surface area contributed by atoms with Crippen LogP contribution in [0.2, 0.25) is 0 Å². The van der Waals surface area contributed by atoms with Gasteiger partial charge in [0.05, 0.1) is 6.04 Å². The maximum Gasteiger partial charge on any atom is 0.318 e. The average molecular weight is 331 g/mol. The molecule has 2 aromatic rings. The molecule has 2 amide bonds. The normalized spacial score (nSPS) is 17.5. The molecule has 2 heterocycles. The van der Waals surface area contributed by atoms with E-state index < -0.39 is 0 Å². The van der Waals surface area contributed by atoms with Gasteiger partial charge in [0.15, 0.2) is 0 Å². The molecule has 1 aromatic heterocycles. The lowest BCUT2D eigenvalue weighted by molar-refractivity contribution is 0.190. The number of carbonyl (C=O) groups excluding carboxylic acids is 1. The largest absolute Gasteiger partial charge is 0.361 e. The van der Waals surface area contributed by atoms with Crippen LogP contribution in [0.5, 0.6) is 0 Å². The van der Waals surface area contributed by atoms with Crippen LogP contribution in [-0.4, -0.2) is 22.6 Å². The Hall–Kier alpha value is -2.37. The van der Waals surface area contributed by atoms with Crippen molar-refractivity contribution in [1.29, 1.82) is 0 Å². The molecule has 0 spiro atoms. The summed E-state index contributed by atoms with van der Waals surface area (Å²) in [6.07, 6.45) is 1.83. The molecule has 0 unspecified atom stereocenters. The number of likely N-dealkylation sites (tertiary alicyclic amines) is 1. The van der Waals surface area contributed by atoms with Crippen LogP contribution in [0.1, 0.15) is 55.7 Å². The van der Waals surface area contributed by atoms with Gasteiger partial charge in [0.25, 0.3) is 0 Å². The van der Waals surface area contributed by atoms with Crippen LogP contribution in [0, 0.1) is 5.82 Å². The molecule has 24 heavy (non-hydrogen) atoms. The first-order valence-corrected chi connectivity index (χ1v) is 8.30. The number of urea groups is 1. The second-order valence-corrected chi connectivity index (χ2v) is 6.45. The zero-order valence-electron chi connectivity index (χ0n) is 14.0. The van der Waals surface area contributed by atoms with Crippen LogP contribution in [0.3, 0.4) is 0 Å². The molecular weight excluding hydrogens is 309 g/mol. The van der Waals surface area contributed by atoms with Crippen molar-refractivity contribution in [2.75, 3.05) is 6.54 Å². The van der Waals surface area contributed by atoms with Crippen molar-refractivity contribution in [1.82, 2.24) is 15.4 Å². The van der Waals surface area contributed by atoms with Crippen LogP contribution < -0.4 is 5.32 Å². The summed E-state index contributed by atoms with van der Waals surface area (Å²) < 4.78 is 18.3. The number of amides is 2. The smallest absolute Gasteiger partial charge is 0.318 e. The minimum absolute atomic E-state index is 0.0468. The molecule has 1 aromatic carbocycles. The Morgan fingerprint density at radius 3 is 2.83 bits per heavy atom. The summed E-state index contributed by atoms with van der Waals surface area (Å²) in [6, 6.07) is 7.89. The lowest BCUT2D eigenvalue weighted by Crippen LogP contribution is -2.39. The molecule has 1 N–H and O–H groups in total. The van der Waals surface area contributed by atoms with Gasteiger partial charge in [0.2, 0.25) is 0 Å². The van der Waals surface area contributed by atoms with Gasteiger partial charge in [-0.05, 0) is 30.5 Å². The number of nitrogens with one attached hydrogen (secondary N) is 1. The van der Waals surface area contributed by atoms with Crippen LogP contribution in [0.15, 0.2) is 34.9 Å². The Morgan fingerprint density at radius 1 is 1.42 bits per heavy atom. The third-order valence-corrected chi connectivity index (χ3v) is 4.33. The monoisotopic (exact) mass is 331 g/mol. The van der Waals surface area contributed by atoms with Gasteiger partial charge in [-0.3, -0.25) is 0 Å². The molecule has 1 saturated heterocycles. The van der Waals surface area contributed by atoms with Gasteiger partial charge in [-0.25, -0.2) is 9.18 Å². The van der Waals surface area contributed by atoms with Crippen molar-refractivity contribution >= 4 is 6.03 Å². The lowest BCUT2D eigenvalue weighted by atomic mass is 10.1. The van der Waals surface area contributed by atoms with Crippen LogP contribution in [0.4, 0.5) is 9.18 Å². The molecule has 6 heteroatoms. The van der Waals surface area contributed by atoms with Crippen molar-refractivity contribution in [3.8, 4) is 0 Å². The van der Waals surface area contributed by atoms with Crippen molar-refractivity contribution in [2.45, 2.75) is 45.2 Å². The molecule has 1 fully saturated rings. The first-order chi connectivity index (χ1) is 11.5. The maximum absolute atomic E-state index is 12.9. The Labute approximate surface area is 140 Å². The number of hydrogen-bond donors (Lipinski definition) is 1. The van der Waals surface area contributed by atoms with E-state index in [1.54, 1.807) is 17.0 Å². The molecule has 3 rings (SSSR count). The van der Waals surface area contributed by atoms with Gasteiger partial charge < -0.3 is 14.7 Å². The fourth-order valence-electron chi connectivity index (χ4n) is 2.93. The van der Waals surface area contributed by atoms with E-state index >= 15 is 0 Å². The molecule has 5 nitrogen and oxygen atoms in total. The summed E-state index contributed by atoms with van der Waals surface area (Å²) in [4.78, 5) is 14.3. The minimum Gasteiger partial charge on any atom is -0.361 e. The molecular formula is C18H22FN3O2. The van der Waals surface area contributed by atoms with E-state index in [4.69, 9.17) is 4.52 Å².